The van der Waals surface area contributed by atoms with E-state index in [9.17, 15) is 17.6 Å². The van der Waals surface area contributed by atoms with E-state index in [0.717, 1.165) is 12.1 Å². The molecular formula is C14H20FNO6S. The number of halogens is 1. The van der Waals surface area contributed by atoms with Crippen LogP contribution in [-0.2, 0) is 19.6 Å². The fraction of sp³-hybridized carbons (Fsp3) is 0.500. The quantitative estimate of drug-likeness (QED) is 0.650. The maximum absolute atomic E-state index is 13.4. The van der Waals surface area contributed by atoms with Gasteiger partial charge in [0.15, 0.2) is 0 Å². The predicted octanol–water partition coefficient (Wildman–Crippen LogP) is 1.24. The summed E-state index contributed by atoms with van der Waals surface area (Å²) in [5, 5.41) is 9.10. The Morgan fingerprint density at radius 3 is 2.52 bits per heavy atom. The highest BCUT2D eigenvalue weighted by atomic mass is 32.2. The minimum Gasteiger partial charge on any atom is -0.490 e. The summed E-state index contributed by atoms with van der Waals surface area (Å²) >= 11 is 0. The van der Waals surface area contributed by atoms with Gasteiger partial charge in [0.25, 0.3) is 0 Å². The van der Waals surface area contributed by atoms with E-state index in [1.807, 2.05) is 0 Å². The first-order valence-electron chi connectivity index (χ1n) is 6.85. The van der Waals surface area contributed by atoms with Crippen LogP contribution >= 0.6 is 0 Å². The van der Waals surface area contributed by atoms with E-state index in [1.54, 1.807) is 13.8 Å². The molecule has 9 heteroatoms. The van der Waals surface area contributed by atoms with Gasteiger partial charge >= 0.3 is 5.97 Å². The van der Waals surface area contributed by atoms with E-state index in [1.165, 1.54) is 13.2 Å². The number of benzene rings is 1. The van der Waals surface area contributed by atoms with Crippen LogP contribution in [-0.4, -0.2) is 45.9 Å². The van der Waals surface area contributed by atoms with Gasteiger partial charge in [-0.25, -0.2) is 12.8 Å². The Morgan fingerprint density at radius 1 is 1.35 bits per heavy atom. The summed E-state index contributed by atoms with van der Waals surface area (Å²) in [5.41, 5.74) is 0. The van der Waals surface area contributed by atoms with Crippen molar-refractivity contribution in [3.8, 4) is 5.75 Å². The van der Waals surface area contributed by atoms with Crippen molar-refractivity contribution in [3.05, 3.63) is 24.0 Å². The number of ether oxygens (including phenoxy) is 2. The first kappa shape index (κ1) is 19.3. The Kier molecular flexibility index (Phi) is 6.92. The lowest BCUT2D eigenvalue weighted by atomic mass is 10.1. The van der Waals surface area contributed by atoms with Crippen LogP contribution in [0.15, 0.2) is 23.1 Å². The summed E-state index contributed by atoms with van der Waals surface area (Å²) in [6.45, 7) is 3.40. The molecule has 0 aliphatic heterocycles. The zero-order chi connectivity index (χ0) is 17.6. The molecule has 0 unspecified atom stereocenters. The molecule has 130 valence electrons. The van der Waals surface area contributed by atoms with Crippen LogP contribution in [0.25, 0.3) is 0 Å². The first-order chi connectivity index (χ1) is 10.7. The van der Waals surface area contributed by atoms with Crippen molar-refractivity contribution in [2.45, 2.75) is 24.8 Å². The van der Waals surface area contributed by atoms with Crippen LogP contribution in [0.4, 0.5) is 4.39 Å². The van der Waals surface area contributed by atoms with E-state index in [2.05, 4.69) is 4.72 Å². The van der Waals surface area contributed by atoms with Crippen LogP contribution in [0, 0.1) is 11.7 Å². The Morgan fingerprint density at radius 2 is 2.00 bits per heavy atom. The molecule has 0 saturated heterocycles. The second kappa shape index (κ2) is 8.23. The number of methoxy groups -OCH3 is 1. The molecule has 0 amide bonds. The molecule has 0 spiro atoms. The Balaban J connectivity index is 3.15. The Hall–Kier alpha value is -1.71. The van der Waals surface area contributed by atoms with E-state index in [-0.39, 0.29) is 19.0 Å². The van der Waals surface area contributed by atoms with E-state index in [0.29, 0.717) is 0 Å². The highest BCUT2D eigenvalue weighted by Crippen LogP contribution is 2.25. The molecule has 0 fully saturated rings. The third kappa shape index (κ3) is 5.45. The maximum Gasteiger partial charge on any atom is 0.322 e. The molecule has 1 aromatic carbocycles. The van der Waals surface area contributed by atoms with Crippen LogP contribution in [0.5, 0.6) is 5.75 Å². The SMILES string of the molecule is COCCOc1ccc(F)cc1S(=O)(=O)N[C@@H](C(=O)O)C(C)C. The average Bonchev–Trinajstić information content (AvgIpc) is 2.46. The van der Waals surface area contributed by atoms with E-state index < -0.39 is 38.7 Å². The predicted molar refractivity (Wildman–Crippen MR) is 80.4 cm³/mol. The molecule has 0 heterocycles. The van der Waals surface area contributed by atoms with Crippen LogP contribution in [0.1, 0.15) is 13.8 Å². The summed E-state index contributed by atoms with van der Waals surface area (Å²) in [6.07, 6.45) is 0. The Bertz CT molecular complexity index is 647. The summed E-state index contributed by atoms with van der Waals surface area (Å²) in [5.74, 6) is -2.67. The number of hydrogen-bond donors (Lipinski definition) is 2. The lowest BCUT2D eigenvalue weighted by molar-refractivity contribution is -0.140. The van der Waals surface area contributed by atoms with Gasteiger partial charge in [0.2, 0.25) is 10.0 Å². The topological polar surface area (TPSA) is 102 Å². The van der Waals surface area contributed by atoms with Gasteiger partial charge in [-0.3, -0.25) is 4.79 Å². The zero-order valence-corrected chi connectivity index (χ0v) is 13.9. The molecule has 7 nitrogen and oxygen atoms in total. The molecule has 0 radical (unpaired) electrons. The van der Waals surface area contributed by atoms with Gasteiger partial charge in [-0.15, -0.1) is 0 Å². The van der Waals surface area contributed by atoms with Crippen molar-refractivity contribution in [3.63, 3.8) is 0 Å². The second-order valence-corrected chi connectivity index (χ2v) is 6.80. The van der Waals surface area contributed by atoms with Crippen molar-refractivity contribution in [1.29, 1.82) is 0 Å². The standard InChI is InChI=1S/C14H20FNO6S/c1-9(2)13(14(17)18)16-23(19,20)12-8-10(15)4-5-11(12)22-7-6-21-3/h4-5,8-9,13,16H,6-7H2,1-3H3,(H,17,18)/t13-/m1/s1. The van der Waals surface area contributed by atoms with Crippen molar-refractivity contribution < 1.29 is 32.2 Å². The number of aliphatic carboxylic acids is 1. The van der Waals surface area contributed by atoms with Gasteiger partial charge in [0.1, 0.15) is 29.1 Å². The smallest absolute Gasteiger partial charge is 0.322 e. The van der Waals surface area contributed by atoms with Gasteiger partial charge in [0, 0.05) is 7.11 Å². The lowest BCUT2D eigenvalue weighted by Crippen LogP contribution is -2.44. The van der Waals surface area contributed by atoms with Gasteiger partial charge in [-0.1, -0.05) is 13.8 Å². The molecule has 1 rings (SSSR count). The van der Waals surface area contributed by atoms with Crippen LogP contribution in [0.2, 0.25) is 0 Å². The highest BCUT2D eigenvalue weighted by molar-refractivity contribution is 7.89. The molecule has 0 aromatic heterocycles. The summed E-state index contributed by atoms with van der Waals surface area (Å²) in [6, 6.07) is 1.67. The number of carboxylic acids is 1. The normalized spacial score (nSPS) is 13.1. The highest BCUT2D eigenvalue weighted by Gasteiger charge is 2.30. The minimum absolute atomic E-state index is 0.0667. The molecule has 0 aliphatic carbocycles. The molecule has 0 aliphatic rings. The first-order valence-corrected chi connectivity index (χ1v) is 8.33. The zero-order valence-electron chi connectivity index (χ0n) is 13.1. The number of nitrogens with one attached hydrogen (secondary N) is 1. The molecular weight excluding hydrogens is 329 g/mol. The summed E-state index contributed by atoms with van der Waals surface area (Å²) in [4.78, 5) is 10.7. The molecule has 0 saturated carbocycles. The van der Waals surface area contributed by atoms with Gasteiger partial charge < -0.3 is 14.6 Å². The molecule has 1 atom stereocenters. The average molecular weight is 349 g/mol. The summed E-state index contributed by atoms with van der Waals surface area (Å²) < 4.78 is 50.4. The summed E-state index contributed by atoms with van der Waals surface area (Å²) in [7, 11) is -2.82. The number of carboxylic acid groups (broad SMARTS) is 1. The fourth-order valence-corrected chi connectivity index (χ4v) is 3.24. The lowest BCUT2D eigenvalue weighted by Gasteiger charge is -2.19. The fourth-order valence-electron chi connectivity index (χ4n) is 1.75. The van der Waals surface area contributed by atoms with E-state index in [4.69, 9.17) is 14.6 Å². The number of rotatable bonds is 9. The van der Waals surface area contributed by atoms with Crippen LogP contribution in [0.3, 0.4) is 0 Å². The van der Waals surface area contributed by atoms with Gasteiger partial charge in [-0.05, 0) is 24.1 Å². The molecule has 23 heavy (non-hydrogen) atoms. The maximum atomic E-state index is 13.4. The second-order valence-electron chi connectivity index (χ2n) is 5.11. The number of sulfonamides is 1. The van der Waals surface area contributed by atoms with Crippen molar-refractivity contribution in [1.82, 2.24) is 4.72 Å². The Labute approximate surface area is 134 Å². The monoisotopic (exact) mass is 349 g/mol. The third-order valence-electron chi connectivity index (χ3n) is 2.96. The third-order valence-corrected chi connectivity index (χ3v) is 4.42. The minimum atomic E-state index is -4.28. The molecule has 0 bridgehead atoms. The molecule has 1 aromatic rings. The van der Waals surface area contributed by atoms with Crippen LogP contribution < -0.4 is 9.46 Å². The van der Waals surface area contributed by atoms with E-state index >= 15 is 0 Å². The number of carbonyl (C=O) groups is 1. The van der Waals surface area contributed by atoms with Gasteiger partial charge in [0.05, 0.1) is 6.61 Å². The molecule has 2 N–H and O–H groups in total. The van der Waals surface area contributed by atoms with Gasteiger partial charge in [-0.2, -0.15) is 4.72 Å². The number of hydrogen-bond acceptors (Lipinski definition) is 5. The van der Waals surface area contributed by atoms with Crippen molar-refractivity contribution in [2.24, 2.45) is 5.92 Å². The largest absolute Gasteiger partial charge is 0.490 e. The van der Waals surface area contributed by atoms with Crippen molar-refractivity contribution >= 4 is 16.0 Å². The van der Waals surface area contributed by atoms with Crippen molar-refractivity contribution in [2.75, 3.05) is 20.3 Å².